The zero-order valence-electron chi connectivity index (χ0n) is 15.5. The van der Waals surface area contributed by atoms with Gasteiger partial charge in [0, 0.05) is 43.6 Å². The Bertz CT molecular complexity index is 583. The first kappa shape index (κ1) is 19.4. The first-order valence-corrected chi connectivity index (χ1v) is 9.18. The number of nitrogens with one attached hydrogen (secondary N) is 1. The molecule has 1 saturated carbocycles. The van der Waals surface area contributed by atoms with E-state index >= 15 is 0 Å². The minimum atomic E-state index is -0.0940. The van der Waals surface area contributed by atoms with E-state index in [1.165, 1.54) is 0 Å². The number of rotatable bonds is 6. The number of carbonyl (C=O) groups excluding carboxylic acids is 2. The van der Waals surface area contributed by atoms with E-state index in [2.05, 4.69) is 5.32 Å². The van der Waals surface area contributed by atoms with Crippen molar-refractivity contribution >= 4 is 11.8 Å². The minimum absolute atomic E-state index is 0.0231. The van der Waals surface area contributed by atoms with Gasteiger partial charge in [-0.2, -0.15) is 0 Å². The first-order valence-electron chi connectivity index (χ1n) is 9.18. The maximum Gasteiger partial charge on any atom is 0.251 e. The highest BCUT2D eigenvalue weighted by molar-refractivity contribution is 5.94. The standard InChI is InChI=1S/C20H30N2O3/c1-14(2)20(25)22(3)12-15-8-10-16(11-9-15)19(24)21-18-7-5-4-6-17(18)13-23/h8-11,14,17-18,23H,4-7,12-13H2,1-3H3,(H,21,24). The van der Waals surface area contributed by atoms with Gasteiger partial charge < -0.3 is 15.3 Å². The van der Waals surface area contributed by atoms with Gasteiger partial charge in [-0.05, 0) is 30.5 Å². The van der Waals surface area contributed by atoms with E-state index in [9.17, 15) is 14.7 Å². The largest absolute Gasteiger partial charge is 0.396 e. The molecule has 0 spiro atoms. The summed E-state index contributed by atoms with van der Waals surface area (Å²) in [6.45, 7) is 4.43. The van der Waals surface area contributed by atoms with Crippen LogP contribution in [0.1, 0.15) is 55.5 Å². The van der Waals surface area contributed by atoms with Crippen molar-refractivity contribution < 1.29 is 14.7 Å². The lowest BCUT2D eigenvalue weighted by molar-refractivity contribution is -0.133. The Morgan fingerprint density at radius 2 is 1.84 bits per heavy atom. The van der Waals surface area contributed by atoms with Crippen molar-refractivity contribution in [2.24, 2.45) is 11.8 Å². The van der Waals surface area contributed by atoms with Crippen LogP contribution in [0.5, 0.6) is 0 Å². The van der Waals surface area contributed by atoms with Crippen LogP contribution in [0.15, 0.2) is 24.3 Å². The molecule has 2 atom stereocenters. The Labute approximate surface area is 150 Å². The summed E-state index contributed by atoms with van der Waals surface area (Å²) < 4.78 is 0. The second kappa shape index (κ2) is 8.99. The van der Waals surface area contributed by atoms with E-state index in [0.717, 1.165) is 31.2 Å². The lowest BCUT2D eigenvalue weighted by atomic mass is 9.85. The molecule has 138 valence electrons. The fourth-order valence-electron chi connectivity index (χ4n) is 3.42. The van der Waals surface area contributed by atoms with Crippen molar-refractivity contribution in [3.63, 3.8) is 0 Å². The summed E-state index contributed by atoms with van der Waals surface area (Å²) >= 11 is 0. The third-order valence-corrected chi connectivity index (χ3v) is 4.97. The number of amides is 2. The average Bonchev–Trinajstić information content (AvgIpc) is 2.61. The van der Waals surface area contributed by atoms with E-state index in [-0.39, 0.29) is 36.3 Å². The van der Waals surface area contributed by atoms with E-state index in [4.69, 9.17) is 0 Å². The van der Waals surface area contributed by atoms with Crippen molar-refractivity contribution in [3.05, 3.63) is 35.4 Å². The molecule has 0 aromatic heterocycles. The van der Waals surface area contributed by atoms with Gasteiger partial charge in [0.05, 0.1) is 0 Å². The van der Waals surface area contributed by atoms with Crippen LogP contribution in [-0.4, -0.2) is 41.5 Å². The summed E-state index contributed by atoms with van der Waals surface area (Å²) in [6.07, 6.45) is 4.11. The summed E-state index contributed by atoms with van der Waals surface area (Å²) in [5, 5.41) is 12.5. The molecule has 0 aliphatic heterocycles. The van der Waals surface area contributed by atoms with E-state index in [1.807, 2.05) is 26.0 Å². The maximum atomic E-state index is 12.4. The normalized spacial score (nSPS) is 20.4. The van der Waals surface area contributed by atoms with Crippen LogP contribution in [0.3, 0.4) is 0 Å². The van der Waals surface area contributed by atoms with Crippen molar-refractivity contribution in [3.8, 4) is 0 Å². The van der Waals surface area contributed by atoms with Crippen LogP contribution in [0.4, 0.5) is 0 Å². The van der Waals surface area contributed by atoms with Crippen LogP contribution in [0.25, 0.3) is 0 Å². The molecule has 1 aromatic carbocycles. The number of nitrogens with zero attached hydrogens (tertiary/aromatic N) is 1. The highest BCUT2D eigenvalue weighted by Crippen LogP contribution is 2.24. The number of hydrogen-bond acceptors (Lipinski definition) is 3. The van der Waals surface area contributed by atoms with Crippen LogP contribution >= 0.6 is 0 Å². The number of aliphatic hydroxyl groups is 1. The first-order chi connectivity index (χ1) is 11.9. The molecule has 5 nitrogen and oxygen atoms in total. The fraction of sp³-hybridized carbons (Fsp3) is 0.600. The molecule has 0 heterocycles. The van der Waals surface area contributed by atoms with Crippen molar-refractivity contribution in [1.82, 2.24) is 10.2 Å². The number of aliphatic hydroxyl groups excluding tert-OH is 1. The molecule has 2 unspecified atom stereocenters. The van der Waals surface area contributed by atoms with Crippen LogP contribution in [0.2, 0.25) is 0 Å². The Balaban J connectivity index is 1.94. The van der Waals surface area contributed by atoms with Gasteiger partial charge in [-0.25, -0.2) is 0 Å². The van der Waals surface area contributed by atoms with Gasteiger partial charge in [-0.1, -0.05) is 38.8 Å². The topological polar surface area (TPSA) is 69.6 Å². The van der Waals surface area contributed by atoms with Crippen molar-refractivity contribution in [2.75, 3.05) is 13.7 Å². The molecule has 2 rings (SSSR count). The Morgan fingerprint density at radius 3 is 2.44 bits per heavy atom. The predicted octanol–water partition coefficient (Wildman–Crippen LogP) is 2.58. The Morgan fingerprint density at radius 1 is 1.20 bits per heavy atom. The van der Waals surface area contributed by atoms with Crippen LogP contribution in [0, 0.1) is 11.8 Å². The lowest BCUT2D eigenvalue weighted by Crippen LogP contribution is -2.43. The molecule has 2 amide bonds. The lowest BCUT2D eigenvalue weighted by Gasteiger charge is -2.30. The summed E-state index contributed by atoms with van der Waals surface area (Å²) in [4.78, 5) is 26.1. The molecule has 25 heavy (non-hydrogen) atoms. The third kappa shape index (κ3) is 5.30. The van der Waals surface area contributed by atoms with Gasteiger partial charge in [-0.3, -0.25) is 9.59 Å². The average molecular weight is 346 g/mol. The Hall–Kier alpha value is -1.88. The predicted molar refractivity (Wildman–Crippen MR) is 98.1 cm³/mol. The molecule has 0 radical (unpaired) electrons. The summed E-state index contributed by atoms with van der Waals surface area (Å²) in [7, 11) is 1.79. The SMILES string of the molecule is CC(C)C(=O)N(C)Cc1ccc(C(=O)NC2CCCCC2CO)cc1. The van der Waals surface area contributed by atoms with Gasteiger partial charge in [-0.15, -0.1) is 0 Å². The molecule has 1 aromatic rings. The molecule has 0 bridgehead atoms. The molecule has 2 N–H and O–H groups in total. The summed E-state index contributed by atoms with van der Waals surface area (Å²) in [5.74, 6) is 0.148. The van der Waals surface area contributed by atoms with Gasteiger partial charge in [0.15, 0.2) is 0 Å². The highest BCUT2D eigenvalue weighted by Gasteiger charge is 2.26. The van der Waals surface area contributed by atoms with Crippen molar-refractivity contribution in [1.29, 1.82) is 0 Å². The highest BCUT2D eigenvalue weighted by atomic mass is 16.3. The third-order valence-electron chi connectivity index (χ3n) is 4.97. The minimum Gasteiger partial charge on any atom is -0.396 e. The van der Waals surface area contributed by atoms with Gasteiger partial charge in [0.2, 0.25) is 5.91 Å². The van der Waals surface area contributed by atoms with Gasteiger partial charge in [0.25, 0.3) is 5.91 Å². The monoisotopic (exact) mass is 346 g/mol. The molecule has 0 saturated heterocycles. The summed E-state index contributed by atoms with van der Waals surface area (Å²) in [6, 6.07) is 7.44. The van der Waals surface area contributed by atoms with Crippen LogP contribution in [-0.2, 0) is 11.3 Å². The quantitative estimate of drug-likeness (QED) is 0.832. The number of carbonyl (C=O) groups is 2. The van der Waals surface area contributed by atoms with E-state index in [1.54, 1.807) is 24.1 Å². The molecule has 5 heteroatoms. The number of benzene rings is 1. The summed E-state index contributed by atoms with van der Waals surface area (Å²) in [5.41, 5.74) is 1.61. The van der Waals surface area contributed by atoms with E-state index < -0.39 is 0 Å². The second-order valence-corrected chi connectivity index (χ2v) is 7.35. The molecular formula is C20H30N2O3. The zero-order chi connectivity index (χ0) is 18.4. The van der Waals surface area contributed by atoms with Gasteiger partial charge in [0.1, 0.15) is 0 Å². The zero-order valence-corrected chi connectivity index (χ0v) is 15.5. The van der Waals surface area contributed by atoms with Gasteiger partial charge >= 0.3 is 0 Å². The number of hydrogen-bond donors (Lipinski definition) is 2. The second-order valence-electron chi connectivity index (χ2n) is 7.35. The Kier molecular flexibility index (Phi) is 7.00. The van der Waals surface area contributed by atoms with Crippen molar-refractivity contribution in [2.45, 2.75) is 52.1 Å². The molecule has 1 aliphatic rings. The van der Waals surface area contributed by atoms with Crippen LogP contribution < -0.4 is 5.32 Å². The fourth-order valence-corrected chi connectivity index (χ4v) is 3.42. The maximum absolute atomic E-state index is 12.4. The molecular weight excluding hydrogens is 316 g/mol. The molecule has 1 fully saturated rings. The smallest absolute Gasteiger partial charge is 0.251 e. The van der Waals surface area contributed by atoms with E-state index in [0.29, 0.717) is 12.1 Å². The molecule has 1 aliphatic carbocycles.